The molecule has 1 aromatic rings. The average molecular weight is 278 g/mol. The van der Waals surface area contributed by atoms with Gasteiger partial charge in [0, 0.05) is 6.04 Å². The molecule has 0 saturated carbocycles. The first-order chi connectivity index (χ1) is 7.58. The summed E-state index contributed by atoms with van der Waals surface area (Å²) >= 11 is 6.21. The Hall–Kier alpha value is -0.440. The van der Waals surface area contributed by atoms with E-state index in [2.05, 4.69) is 13.0 Å². The molecule has 0 aliphatic heterocycles. The highest BCUT2D eigenvalue weighted by Crippen LogP contribution is 2.31. The predicted molar refractivity (Wildman–Crippen MR) is 76.6 cm³/mol. The van der Waals surface area contributed by atoms with Crippen LogP contribution < -0.4 is 10.5 Å². The topological polar surface area (TPSA) is 35.2 Å². The van der Waals surface area contributed by atoms with Crippen molar-refractivity contribution in [3.05, 3.63) is 28.3 Å². The Morgan fingerprint density at radius 2 is 2.00 bits per heavy atom. The Morgan fingerprint density at radius 3 is 2.47 bits per heavy atom. The average Bonchev–Trinajstić information content (AvgIpc) is 2.20. The van der Waals surface area contributed by atoms with E-state index in [-0.39, 0.29) is 18.4 Å². The molecule has 0 saturated heterocycles. The van der Waals surface area contributed by atoms with E-state index in [4.69, 9.17) is 22.1 Å². The van der Waals surface area contributed by atoms with Crippen LogP contribution in [0.5, 0.6) is 5.75 Å². The number of halogens is 2. The molecule has 2 N–H and O–H groups in total. The van der Waals surface area contributed by atoms with Crippen molar-refractivity contribution >= 4 is 24.0 Å². The summed E-state index contributed by atoms with van der Waals surface area (Å²) in [5, 5.41) is 0.692. The van der Waals surface area contributed by atoms with Crippen molar-refractivity contribution < 1.29 is 4.74 Å². The molecular formula is C13H21Cl2NO. The molecule has 0 amide bonds. The van der Waals surface area contributed by atoms with Gasteiger partial charge in [0.1, 0.15) is 5.75 Å². The van der Waals surface area contributed by atoms with Gasteiger partial charge < -0.3 is 10.5 Å². The number of aryl methyl sites for hydroxylation is 1. The van der Waals surface area contributed by atoms with Gasteiger partial charge in [0.2, 0.25) is 0 Å². The van der Waals surface area contributed by atoms with Crippen LogP contribution in [-0.4, -0.2) is 12.6 Å². The van der Waals surface area contributed by atoms with Crippen molar-refractivity contribution in [2.45, 2.75) is 39.7 Å². The SMILES string of the molecule is CCOc1c(Cl)cc(CC(C)N)cc1CC.Cl. The van der Waals surface area contributed by atoms with Crippen LogP contribution in [0.3, 0.4) is 0 Å². The van der Waals surface area contributed by atoms with E-state index in [0.29, 0.717) is 11.6 Å². The number of ether oxygens (including phenoxy) is 1. The highest BCUT2D eigenvalue weighted by Gasteiger charge is 2.10. The first-order valence-electron chi connectivity index (χ1n) is 5.78. The summed E-state index contributed by atoms with van der Waals surface area (Å²) in [6, 6.07) is 4.24. The van der Waals surface area contributed by atoms with Crippen LogP contribution in [0, 0.1) is 0 Å². The van der Waals surface area contributed by atoms with Crippen LogP contribution in [0.25, 0.3) is 0 Å². The first-order valence-corrected chi connectivity index (χ1v) is 6.15. The fourth-order valence-electron chi connectivity index (χ4n) is 1.77. The van der Waals surface area contributed by atoms with E-state index in [1.807, 2.05) is 19.9 Å². The monoisotopic (exact) mass is 277 g/mol. The lowest BCUT2D eigenvalue weighted by atomic mass is 10.0. The van der Waals surface area contributed by atoms with E-state index < -0.39 is 0 Å². The molecule has 1 atom stereocenters. The summed E-state index contributed by atoms with van der Waals surface area (Å²) in [4.78, 5) is 0. The lowest BCUT2D eigenvalue weighted by Crippen LogP contribution is -2.17. The number of rotatable bonds is 5. The van der Waals surface area contributed by atoms with Gasteiger partial charge in [0.15, 0.2) is 0 Å². The van der Waals surface area contributed by atoms with Crippen LogP contribution >= 0.6 is 24.0 Å². The lowest BCUT2D eigenvalue weighted by Gasteiger charge is -2.14. The molecule has 0 bridgehead atoms. The molecule has 0 aliphatic rings. The van der Waals surface area contributed by atoms with E-state index in [1.54, 1.807) is 0 Å². The number of hydrogen-bond donors (Lipinski definition) is 1. The second-order valence-corrected chi connectivity index (χ2v) is 4.44. The zero-order chi connectivity index (χ0) is 12.1. The van der Waals surface area contributed by atoms with Gasteiger partial charge in [-0.25, -0.2) is 0 Å². The van der Waals surface area contributed by atoms with Gasteiger partial charge in [0.05, 0.1) is 11.6 Å². The highest BCUT2D eigenvalue weighted by molar-refractivity contribution is 6.32. The lowest BCUT2D eigenvalue weighted by molar-refractivity contribution is 0.337. The van der Waals surface area contributed by atoms with Crippen LogP contribution in [-0.2, 0) is 12.8 Å². The maximum atomic E-state index is 6.21. The van der Waals surface area contributed by atoms with Crippen molar-refractivity contribution in [1.82, 2.24) is 0 Å². The summed E-state index contributed by atoms with van der Waals surface area (Å²) in [5.41, 5.74) is 8.13. The summed E-state index contributed by atoms with van der Waals surface area (Å²) in [5.74, 6) is 0.820. The Bertz CT molecular complexity index is 354. The summed E-state index contributed by atoms with van der Waals surface area (Å²) in [6.45, 7) is 6.70. The highest BCUT2D eigenvalue weighted by atomic mass is 35.5. The van der Waals surface area contributed by atoms with Crippen molar-refractivity contribution in [2.24, 2.45) is 5.73 Å². The number of nitrogens with two attached hydrogens (primary N) is 1. The third kappa shape index (κ3) is 4.74. The molecule has 0 radical (unpaired) electrons. The minimum absolute atomic E-state index is 0. The fraction of sp³-hybridized carbons (Fsp3) is 0.538. The van der Waals surface area contributed by atoms with Crippen molar-refractivity contribution in [2.75, 3.05) is 6.61 Å². The Morgan fingerprint density at radius 1 is 1.35 bits per heavy atom. The van der Waals surface area contributed by atoms with Crippen LogP contribution in [0.15, 0.2) is 12.1 Å². The molecule has 1 unspecified atom stereocenters. The number of hydrogen-bond acceptors (Lipinski definition) is 2. The van der Waals surface area contributed by atoms with Gasteiger partial charge in [-0.15, -0.1) is 12.4 Å². The predicted octanol–water partition coefficient (Wildman–Crippen LogP) is 3.61. The zero-order valence-corrected chi connectivity index (χ0v) is 12.2. The quantitative estimate of drug-likeness (QED) is 0.893. The number of benzene rings is 1. The van der Waals surface area contributed by atoms with Gasteiger partial charge in [0.25, 0.3) is 0 Å². The largest absolute Gasteiger partial charge is 0.492 e. The van der Waals surface area contributed by atoms with E-state index >= 15 is 0 Å². The second kappa shape index (κ2) is 7.80. The molecule has 4 heteroatoms. The van der Waals surface area contributed by atoms with Crippen LogP contribution in [0.1, 0.15) is 31.9 Å². The summed E-state index contributed by atoms with van der Waals surface area (Å²) in [6.07, 6.45) is 1.76. The third-order valence-electron chi connectivity index (χ3n) is 2.41. The molecule has 98 valence electrons. The smallest absolute Gasteiger partial charge is 0.141 e. The van der Waals surface area contributed by atoms with Crippen molar-refractivity contribution in [1.29, 1.82) is 0 Å². The molecule has 1 rings (SSSR count). The molecule has 0 aromatic heterocycles. The standard InChI is InChI=1S/C13H20ClNO.ClH/c1-4-11-7-10(6-9(3)15)8-12(14)13(11)16-5-2;/h7-9H,4-6,15H2,1-3H3;1H. The van der Waals surface area contributed by atoms with Gasteiger partial charge in [-0.05, 0) is 43.9 Å². The van der Waals surface area contributed by atoms with E-state index in [0.717, 1.165) is 24.2 Å². The fourth-order valence-corrected chi connectivity index (χ4v) is 2.09. The molecule has 2 nitrogen and oxygen atoms in total. The molecule has 0 aliphatic carbocycles. The van der Waals surface area contributed by atoms with Gasteiger partial charge >= 0.3 is 0 Å². The first kappa shape index (κ1) is 16.6. The van der Waals surface area contributed by atoms with Crippen molar-refractivity contribution in [3.8, 4) is 5.75 Å². The van der Waals surface area contributed by atoms with Crippen LogP contribution in [0.4, 0.5) is 0 Å². The molecule has 17 heavy (non-hydrogen) atoms. The maximum Gasteiger partial charge on any atom is 0.141 e. The van der Waals surface area contributed by atoms with Gasteiger partial charge in [-0.2, -0.15) is 0 Å². The Labute approximate surface area is 115 Å². The van der Waals surface area contributed by atoms with Crippen molar-refractivity contribution in [3.63, 3.8) is 0 Å². The Balaban J connectivity index is 0.00000256. The molecule has 1 aromatic carbocycles. The van der Waals surface area contributed by atoms with Gasteiger partial charge in [-0.3, -0.25) is 0 Å². The third-order valence-corrected chi connectivity index (χ3v) is 2.69. The maximum absolute atomic E-state index is 6.21. The normalized spacial score (nSPS) is 11.8. The zero-order valence-electron chi connectivity index (χ0n) is 10.6. The molecule has 0 heterocycles. The van der Waals surface area contributed by atoms with E-state index in [9.17, 15) is 0 Å². The summed E-state index contributed by atoms with van der Waals surface area (Å²) in [7, 11) is 0. The molecule has 0 fully saturated rings. The van der Waals surface area contributed by atoms with Gasteiger partial charge in [-0.1, -0.05) is 24.6 Å². The molecular weight excluding hydrogens is 257 g/mol. The minimum Gasteiger partial charge on any atom is -0.492 e. The second-order valence-electron chi connectivity index (χ2n) is 4.03. The van der Waals surface area contributed by atoms with E-state index in [1.165, 1.54) is 5.56 Å². The summed E-state index contributed by atoms with van der Waals surface area (Å²) < 4.78 is 5.56. The molecule has 0 spiro atoms. The Kier molecular flexibility index (Phi) is 7.60. The minimum atomic E-state index is 0. The van der Waals surface area contributed by atoms with Crippen LogP contribution in [0.2, 0.25) is 5.02 Å².